The van der Waals surface area contributed by atoms with Crippen LogP contribution in [0, 0.1) is 19.7 Å². The molecule has 0 bridgehead atoms. The molecule has 0 saturated carbocycles. The van der Waals surface area contributed by atoms with Crippen LogP contribution in [0.15, 0.2) is 48.7 Å². The molecule has 1 aliphatic rings. The highest BCUT2D eigenvalue weighted by atomic mass is 19.1. The molecule has 1 atom stereocenters. The first-order valence-corrected chi connectivity index (χ1v) is 8.98. The maximum Gasteiger partial charge on any atom is 0.227 e. The number of carbonyl (C=O) groups excluding carboxylic acids is 1. The molecule has 1 N–H and O–H groups in total. The zero-order valence-corrected chi connectivity index (χ0v) is 15.3. The lowest BCUT2D eigenvalue weighted by molar-refractivity contribution is 0.0962. The summed E-state index contributed by atoms with van der Waals surface area (Å²) < 4.78 is 13.2. The highest BCUT2D eigenvalue weighted by Crippen LogP contribution is 2.32. The number of aryl methyl sites for hydroxylation is 2. The number of anilines is 2. The predicted octanol–water partition coefficient (Wildman–Crippen LogP) is 4.89. The van der Waals surface area contributed by atoms with Crippen molar-refractivity contribution in [2.24, 2.45) is 0 Å². The van der Waals surface area contributed by atoms with Crippen LogP contribution in [-0.4, -0.2) is 15.8 Å². The number of hydrogen-bond donors (Lipinski definition) is 1. The van der Waals surface area contributed by atoms with Crippen molar-refractivity contribution in [2.45, 2.75) is 32.6 Å². The largest absolute Gasteiger partial charge is 0.324 e. The van der Waals surface area contributed by atoms with Crippen LogP contribution in [0.1, 0.15) is 45.1 Å². The number of rotatable bonds is 3. The Labute approximate surface area is 157 Å². The summed E-state index contributed by atoms with van der Waals surface area (Å²) in [7, 11) is 0. The average Bonchev–Trinajstić information content (AvgIpc) is 2.64. The molecular weight excluding hydrogens is 341 g/mol. The van der Waals surface area contributed by atoms with Crippen molar-refractivity contribution in [1.29, 1.82) is 0 Å². The Bertz CT molecular complexity index is 1010. The van der Waals surface area contributed by atoms with Gasteiger partial charge in [0.05, 0.1) is 11.3 Å². The van der Waals surface area contributed by atoms with Crippen molar-refractivity contribution >= 4 is 17.4 Å². The van der Waals surface area contributed by atoms with Gasteiger partial charge in [0.2, 0.25) is 5.95 Å². The summed E-state index contributed by atoms with van der Waals surface area (Å²) in [5.41, 5.74) is 5.52. The van der Waals surface area contributed by atoms with Crippen LogP contribution in [0.2, 0.25) is 0 Å². The third-order valence-corrected chi connectivity index (χ3v) is 5.01. The minimum Gasteiger partial charge on any atom is -0.324 e. The second kappa shape index (κ2) is 6.91. The quantitative estimate of drug-likeness (QED) is 0.722. The summed E-state index contributed by atoms with van der Waals surface area (Å²) in [6.07, 6.45) is 2.64. The van der Waals surface area contributed by atoms with E-state index in [4.69, 9.17) is 0 Å². The van der Waals surface area contributed by atoms with Gasteiger partial charge in [-0.15, -0.1) is 0 Å². The van der Waals surface area contributed by atoms with Crippen LogP contribution in [0.3, 0.4) is 0 Å². The Balaban J connectivity index is 1.62. The Kier molecular flexibility index (Phi) is 4.44. The Morgan fingerprint density at radius 2 is 1.85 bits per heavy atom. The molecule has 0 aliphatic heterocycles. The molecular formula is C22H20FN3O. The number of fused-ring (bicyclic) bond motifs is 1. The summed E-state index contributed by atoms with van der Waals surface area (Å²) in [6.45, 7) is 4.08. The van der Waals surface area contributed by atoms with Gasteiger partial charge in [-0.2, -0.15) is 0 Å². The van der Waals surface area contributed by atoms with Crippen molar-refractivity contribution in [3.63, 3.8) is 0 Å². The molecule has 0 radical (unpaired) electrons. The molecule has 1 heterocycles. The molecule has 0 spiro atoms. The highest BCUT2D eigenvalue weighted by molar-refractivity contribution is 5.98. The van der Waals surface area contributed by atoms with Crippen LogP contribution in [0.4, 0.5) is 16.0 Å². The molecule has 0 fully saturated rings. The fraction of sp³-hybridized carbons (Fsp3) is 0.227. The van der Waals surface area contributed by atoms with Crippen molar-refractivity contribution in [1.82, 2.24) is 9.97 Å². The van der Waals surface area contributed by atoms with E-state index in [-0.39, 0.29) is 17.5 Å². The number of carbonyl (C=O) groups is 1. The predicted molar refractivity (Wildman–Crippen MR) is 103 cm³/mol. The number of nitrogens with one attached hydrogen (secondary N) is 1. The van der Waals surface area contributed by atoms with E-state index in [0.29, 0.717) is 24.4 Å². The van der Waals surface area contributed by atoms with Gasteiger partial charge in [0.25, 0.3) is 0 Å². The second-order valence-corrected chi connectivity index (χ2v) is 7.08. The molecule has 0 amide bonds. The zero-order valence-electron chi connectivity index (χ0n) is 15.3. The lowest BCUT2D eigenvalue weighted by atomic mass is 9.82. The van der Waals surface area contributed by atoms with Crippen molar-refractivity contribution in [2.75, 3.05) is 5.32 Å². The molecule has 4 rings (SSSR count). The van der Waals surface area contributed by atoms with E-state index >= 15 is 0 Å². The number of ketones is 1. The maximum absolute atomic E-state index is 13.2. The minimum absolute atomic E-state index is 0.00876. The van der Waals surface area contributed by atoms with Gasteiger partial charge in [-0.05, 0) is 55.5 Å². The van der Waals surface area contributed by atoms with E-state index in [1.165, 1.54) is 17.7 Å². The molecule has 0 saturated heterocycles. The molecule has 2 aromatic carbocycles. The summed E-state index contributed by atoms with van der Waals surface area (Å²) >= 11 is 0. The van der Waals surface area contributed by atoms with E-state index in [0.717, 1.165) is 22.5 Å². The Morgan fingerprint density at radius 3 is 2.59 bits per heavy atom. The van der Waals surface area contributed by atoms with Gasteiger partial charge >= 0.3 is 0 Å². The summed E-state index contributed by atoms with van der Waals surface area (Å²) in [5, 5.41) is 3.24. The molecule has 27 heavy (non-hydrogen) atoms. The Hall–Kier alpha value is -3.08. The van der Waals surface area contributed by atoms with Gasteiger partial charge < -0.3 is 5.32 Å². The van der Waals surface area contributed by atoms with Crippen LogP contribution in [0.5, 0.6) is 0 Å². The van der Waals surface area contributed by atoms with Gasteiger partial charge in [0.1, 0.15) is 5.82 Å². The normalized spacial score (nSPS) is 16.1. The fourth-order valence-corrected chi connectivity index (χ4v) is 3.55. The van der Waals surface area contributed by atoms with Gasteiger partial charge in [0, 0.05) is 18.3 Å². The second-order valence-electron chi connectivity index (χ2n) is 7.08. The topological polar surface area (TPSA) is 54.9 Å². The molecule has 136 valence electrons. The lowest BCUT2D eigenvalue weighted by Crippen LogP contribution is -2.21. The SMILES string of the molecule is Cc1ccc(Nc2ncc3c(n2)CC(c2ccc(F)cc2)CC3=O)c(C)c1. The molecule has 1 aromatic heterocycles. The number of halogens is 1. The average molecular weight is 361 g/mol. The van der Waals surface area contributed by atoms with Crippen LogP contribution < -0.4 is 5.32 Å². The Morgan fingerprint density at radius 1 is 1.07 bits per heavy atom. The maximum atomic E-state index is 13.2. The smallest absolute Gasteiger partial charge is 0.227 e. The number of hydrogen-bond acceptors (Lipinski definition) is 4. The third kappa shape index (κ3) is 3.58. The third-order valence-electron chi connectivity index (χ3n) is 5.01. The standard InChI is InChI=1S/C22H20FN3O/c1-13-3-8-19(14(2)9-13)25-22-24-12-18-20(26-22)10-16(11-21(18)27)15-4-6-17(23)7-5-15/h3-9,12,16H,10-11H2,1-2H3,(H,24,25,26). The van der Waals surface area contributed by atoms with Crippen LogP contribution in [0.25, 0.3) is 0 Å². The summed E-state index contributed by atoms with van der Waals surface area (Å²) in [5.74, 6) is 0.245. The zero-order chi connectivity index (χ0) is 19.0. The first-order valence-electron chi connectivity index (χ1n) is 8.98. The van der Waals surface area contributed by atoms with Crippen molar-refractivity contribution in [3.8, 4) is 0 Å². The van der Waals surface area contributed by atoms with E-state index in [1.54, 1.807) is 18.3 Å². The summed E-state index contributed by atoms with van der Waals surface area (Å²) in [6, 6.07) is 12.5. The molecule has 3 aromatic rings. The van der Waals surface area contributed by atoms with Crippen LogP contribution in [-0.2, 0) is 6.42 Å². The van der Waals surface area contributed by atoms with Gasteiger partial charge in [-0.1, -0.05) is 29.8 Å². The number of aromatic nitrogens is 2. The first kappa shape index (κ1) is 17.3. The van der Waals surface area contributed by atoms with Crippen molar-refractivity contribution < 1.29 is 9.18 Å². The van der Waals surface area contributed by atoms with Crippen molar-refractivity contribution in [3.05, 3.63) is 82.4 Å². The summed E-state index contributed by atoms with van der Waals surface area (Å²) in [4.78, 5) is 21.4. The first-order chi connectivity index (χ1) is 13.0. The van der Waals surface area contributed by atoms with Gasteiger partial charge in [-0.25, -0.2) is 14.4 Å². The highest BCUT2D eigenvalue weighted by Gasteiger charge is 2.28. The lowest BCUT2D eigenvalue weighted by Gasteiger charge is -2.23. The fourth-order valence-electron chi connectivity index (χ4n) is 3.55. The number of benzene rings is 2. The molecule has 5 heteroatoms. The van der Waals surface area contributed by atoms with Gasteiger partial charge in [-0.3, -0.25) is 4.79 Å². The molecule has 1 unspecified atom stereocenters. The van der Waals surface area contributed by atoms with E-state index in [1.807, 2.05) is 26.0 Å². The molecule has 1 aliphatic carbocycles. The molecule has 4 nitrogen and oxygen atoms in total. The monoisotopic (exact) mass is 361 g/mol. The van der Waals surface area contributed by atoms with E-state index in [9.17, 15) is 9.18 Å². The van der Waals surface area contributed by atoms with Gasteiger partial charge in [0.15, 0.2) is 5.78 Å². The van der Waals surface area contributed by atoms with E-state index < -0.39 is 0 Å². The van der Waals surface area contributed by atoms with Crippen LogP contribution >= 0.6 is 0 Å². The minimum atomic E-state index is -0.274. The number of Topliss-reactive ketones (excluding diaryl/α,β-unsaturated/α-hetero) is 1. The number of nitrogens with zero attached hydrogens (tertiary/aromatic N) is 2. The van der Waals surface area contributed by atoms with E-state index in [2.05, 4.69) is 21.4 Å².